The van der Waals surface area contributed by atoms with Crippen LogP contribution in [0.1, 0.15) is 93.2 Å². The molecule has 2 aromatic rings. The summed E-state index contributed by atoms with van der Waals surface area (Å²) in [6.45, 7) is 14.2. The Balaban J connectivity index is 1.37. The van der Waals surface area contributed by atoms with Gasteiger partial charge >= 0.3 is 0 Å². The van der Waals surface area contributed by atoms with Crippen molar-refractivity contribution >= 4 is 17.6 Å². The third kappa shape index (κ3) is 5.40. The Morgan fingerprint density at radius 1 is 0.947 bits per heavy atom. The fourth-order valence-electron chi connectivity index (χ4n) is 5.98. The number of hydrogen-bond donors (Lipinski definition) is 0. The molecular formula is C30H41N5O3. The van der Waals surface area contributed by atoms with Crippen LogP contribution in [0.4, 0.5) is 0 Å². The molecule has 2 amide bonds. The van der Waals surface area contributed by atoms with Crippen LogP contribution in [0.2, 0.25) is 0 Å². The van der Waals surface area contributed by atoms with Crippen molar-refractivity contribution in [3.05, 3.63) is 46.5 Å². The molecule has 204 valence electrons. The third-order valence-corrected chi connectivity index (χ3v) is 8.31. The van der Waals surface area contributed by atoms with Crippen molar-refractivity contribution in [1.29, 1.82) is 0 Å². The maximum Gasteiger partial charge on any atom is 0.223 e. The van der Waals surface area contributed by atoms with Crippen molar-refractivity contribution in [3.63, 3.8) is 0 Å². The van der Waals surface area contributed by atoms with Crippen molar-refractivity contribution in [1.82, 2.24) is 24.6 Å². The van der Waals surface area contributed by atoms with Crippen LogP contribution in [-0.4, -0.2) is 68.3 Å². The Kier molecular flexibility index (Phi) is 6.95. The first-order chi connectivity index (χ1) is 17.9. The Bertz CT molecular complexity index is 1250. The molecular weight excluding hydrogens is 478 g/mol. The Morgan fingerprint density at radius 2 is 1.63 bits per heavy atom. The molecule has 0 N–H and O–H groups in total. The highest BCUT2D eigenvalue weighted by Crippen LogP contribution is 2.44. The van der Waals surface area contributed by atoms with Crippen molar-refractivity contribution in [2.24, 2.45) is 11.3 Å². The molecule has 0 unspecified atom stereocenters. The summed E-state index contributed by atoms with van der Waals surface area (Å²) in [6, 6.07) is 6.55. The molecule has 3 fully saturated rings. The van der Waals surface area contributed by atoms with E-state index in [9.17, 15) is 14.4 Å². The van der Waals surface area contributed by atoms with E-state index in [1.165, 1.54) is 5.56 Å². The van der Waals surface area contributed by atoms with Crippen LogP contribution in [0.15, 0.2) is 18.2 Å². The van der Waals surface area contributed by atoms with E-state index in [1.807, 2.05) is 24.0 Å². The predicted molar refractivity (Wildman–Crippen MR) is 145 cm³/mol. The van der Waals surface area contributed by atoms with Crippen LogP contribution in [-0.2, 0) is 20.8 Å². The van der Waals surface area contributed by atoms with E-state index in [4.69, 9.17) is 0 Å². The van der Waals surface area contributed by atoms with E-state index in [2.05, 4.69) is 48.5 Å². The van der Waals surface area contributed by atoms with E-state index in [0.29, 0.717) is 45.1 Å². The van der Waals surface area contributed by atoms with Crippen LogP contribution in [0.3, 0.4) is 0 Å². The zero-order valence-electron chi connectivity index (χ0n) is 23.7. The molecule has 1 aromatic heterocycles. The molecule has 3 heterocycles. The quantitative estimate of drug-likeness (QED) is 0.552. The second-order valence-corrected chi connectivity index (χ2v) is 13.0. The molecule has 0 spiro atoms. The lowest BCUT2D eigenvalue weighted by atomic mass is 9.87. The summed E-state index contributed by atoms with van der Waals surface area (Å²) in [4.78, 5) is 42.5. The first kappa shape index (κ1) is 26.6. The van der Waals surface area contributed by atoms with Gasteiger partial charge in [-0.2, -0.15) is 0 Å². The molecule has 2 aliphatic heterocycles. The Morgan fingerprint density at radius 3 is 2.24 bits per heavy atom. The van der Waals surface area contributed by atoms with Gasteiger partial charge in [0, 0.05) is 63.8 Å². The van der Waals surface area contributed by atoms with Gasteiger partial charge in [0.2, 0.25) is 11.8 Å². The molecule has 1 aromatic carbocycles. The van der Waals surface area contributed by atoms with Crippen molar-refractivity contribution in [3.8, 4) is 0 Å². The van der Waals surface area contributed by atoms with Gasteiger partial charge in [0.1, 0.15) is 17.4 Å². The lowest BCUT2D eigenvalue weighted by Crippen LogP contribution is -2.50. The van der Waals surface area contributed by atoms with E-state index < -0.39 is 0 Å². The van der Waals surface area contributed by atoms with Gasteiger partial charge in [0.15, 0.2) is 0 Å². The highest BCUT2D eigenvalue weighted by molar-refractivity contribution is 5.86. The second-order valence-electron chi connectivity index (χ2n) is 13.0. The van der Waals surface area contributed by atoms with Crippen LogP contribution >= 0.6 is 0 Å². The molecule has 0 bridgehead atoms. The second kappa shape index (κ2) is 9.93. The standard InChI is InChI=1S/C30H41N5O3/c1-18-7-8-21(19(2)11-18)12-26(37)24-16-33(20(3)36)17-25(24)29-32-31-28(35(29)23-9-10-23)22-14-34(15-22)27(38)13-30(4,5)6/h7-8,11,22-25H,9-10,12-17H2,1-6H3/t24-,25-/m0/s1. The molecule has 2 atom stereocenters. The number of aryl methyl sites for hydroxylation is 2. The van der Waals surface area contributed by atoms with Crippen LogP contribution in [0.25, 0.3) is 0 Å². The van der Waals surface area contributed by atoms with E-state index >= 15 is 0 Å². The summed E-state index contributed by atoms with van der Waals surface area (Å²) in [7, 11) is 0. The average molecular weight is 520 g/mol. The lowest BCUT2D eigenvalue weighted by molar-refractivity contribution is -0.137. The summed E-state index contributed by atoms with van der Waals surface area (Å²) < 4.78 is 2.27. The zero-order chi connectivity index (χ0) is 27.4. The van der Waals surface area contributed by atoms with Crippen LogP contribution in [0, 0.1) is 25.2 Å². The number of benzene rings is 1. The minimum Gasteiger partial charge on any atom is -0.341 e. The number of amides is 2. The summed E-state index contributed by atoms with van der Waals surface area (Å²) in [5, 5.41) is 9.32. The molecule has 2 saturated heterocycles. The smallest absolute Gasteiger partial charge is 0.223 e. The van der Waals surface area contributed by atoms with Crippen LogP contribution in [0.5, 0.6) is 0 Å². The zero-order valence-corrected chi connectivity index (χ0v) is 23.7. The van der Waals surface area contributed by atoms with E-state index in [1.54, 1.807) is 11.8 Å². The van der Waals surface area contributed by atoms with E-state index in [0.717, 1.165) is 35.6 Å². The number of hydrogen-bond acceptors (Lipinski definition) is 5. The van der Waals surface area contributed by atoms with Crippen LogP contribution < -0.4 is 0 Å². The maximum absolute atomic E-state index is 13.7. The molecule has 1 saturated carbocycles. The summed E-state index contributed by atoms with van der Waals surface area (Å²) in [5.41, 5.74) is 3.31. The molecule has 1 aliphatic carbocycles. The van der Waals surface area contributed by atoms with Gasteiger partial charge in [-0.3, -0.25) is 14.4 Å². The number of carbonyl (C=O) groups is 3. The fourth-order valence-corrected chi connectivity index (χ4v) is 5.98. The lowest BCUT2D eigenvalue weighted by Gasteiger charge is -2.40. The summed E-state index contributed by atoms with van der Waals surface area (Å²) >= 11 is 0. The molecule has 3 aliphatic rings. The highest BCUT2D eigenvalue weighted by atomic mass is 16.2. The molecule has 8 nitrogen and oxygen atoms in total. The number of aromatic nitrogens is 3. The van der Waals surface area contributed by atoms with Crippen molar-refractivity contribution in [2.75, 3.05) is 26.2 Å². The monoisotopic (exact) mass is 519 g/mol. The van der Waals surface area contributed by atoms with Gasteiger partial charge in [-0.15, -0.1) is 10.2 Å². The minimum absolute atomic E-state index is 0.0125. The predicted octanol–water partition coefficient (Wildman–Crippen LogP) is 3.97. The summed E-state index contributed by atoms with van der Waals surface area (Å²) in [6.07, 6.45) is 3.04. The minimum atomic E-state index is -0.305. The topological polar surface area (TPSA) is 88.4 Å². The largest absolute Gasteiger partial charge is 0.341 e. The average Bonchev–Trinajstić information content (AvgIpc) is 3.36. The molecule has 8 heteroatoms. The first-order valence-corrected chi connectivity index (χ1v) is 14.0. The van der Waals surface area contributed by atoms with Gasteiger partial charge in [-0.25, -0.2) is 0 Å². The molecule has 38 heavy (non-hydrogen) atoms. The van der Waals surface area contributed by atoms with Gasteiger partial charge in [0.25, 0.3) is 0 Å². The third-order valence-electron chi connectivity index (χ3n) is 8.31. The Hall–Kier alpha value is -3.03. The van der Waals surface area contributed by atoms with E-state index in [-0.39, 0.29) is 40.8 Å². The van der Waals surface area contributed by atoms with Gasteiger partial charge in [-0.05, 0) is 43.2 Å². The number of carbonyl (C=O) groups excluding carboxylic acids is 3. The fraction of sp³-hybridized carbons (Fsp3) is 0.633. The summed E-state index contributed by atoms with van der Waals surface area (Å²) in [5.74, 6) is 1.79. The van der Waals surface area contributed by atoms with Crippen molar-refractivity contribution in [2.45, 2.75) is 85.1 Å². The van der Waals surface area contributed by atoms with Gasteiger partial charge in [-0.1, -0.05) is 44.5 Å². The SMILES string of the molecule is CC(=O)N1C[C@H](C(=O)Cc2ccc(C)cc2C)[C@@H](c2nnc(C3CN(C(=O)CC(C)(C)C)C3)n2C2CC2)C1. The first-order valence-electron chi connectivity index (χ1n) is 14.0. The highest BCUT2D eigenvalue weighted by Gasteiger charge is 2.46. The number of rotatable bonds is 7. The normalized spacial score (nSPS) is 22.1. The molecule has 0 radical (unpaired) electrons. The Labute approximate surface area is 225 Å². The number of Topliss-reactive ketones (excluding diaryl/α,β-unsaturated/α-hetero) is 1. The number of likely N-dealkylation sites (tertiary alicyclic amines) is 2. The number of nitrogens with zero attached hydrogens (tertiary/aromatic N) is 5. The number of ketones is 1. The molecule has 5 rings (SSSR count). The van der Waals surface area contributed by atoms with Gasteiger partial charge < -0.3 is 14.4 Å². The van der Waals surface area contributed by atoms with Gasteiger partial charge in [0.05, 0.1) is 5.92 Å². The maximum atomic E-state index is 13.7. The van der Waals surface area contributed by atoms with Crippen molar-refractivity contribution < 1.29 is 14.4 Å².